The minimum absolute atomic E-state index is 0.118. The normalized spacial score (nSPS) is 25.4. The number of rotatable bonds is 3. The van der Waals surface area contributed by atoms with Crippen LogP contribution in [-0.4, -0.2) is 43.9 Å². The van der Waals surface area contributed by atoms with Gasteiger partial charge < -0.3 is 10.5 Å². The molecular weight excluding hydrogens is 288 g/mol. The van der Waals surface area contributed by atoms with Gasteiger partial charge in [-0.25, -0.2) is 8.42 Å². The molecule has 1 aromatic heterocycles. The van der Waals surface area contributed by atoms with E-state index in [0.717, 1.165) is 11.3 Å². The van der Waals surface area contributed by atoms with Crippen LogP contribution in [0.25, 0.3) is 0 Å². The van der Waals surface area contributed by atoms with Gasteiger partial charge in [0, 0.05) is 18.5 Å². The van der Waals surface area contributed by atoms with Crippen molar-refractivity contribution >= 4 is 27.3 Å². The largest absolute Gasteiger partial charge is 0.373 e. The molecule has 1 saturated heterocycles. The summed E-state index contributed by atoms with van der Waals surface area (Å²) in [6.07, 6.45) is -0.291. The smallest absolute Gasteiger partial charge is 0.258 e. The number of nitrogens with two attached hydrogens (primary N) is 1. The van der Waals surface area contributed by atoms with Gasteiger partial charge in [0.05, 0.1) is 22.0 Å². The number of amides is 1. The lowest BCUT2D eigenvalue weighted by atomic mass is 10.3. The number of hydrogen-bond donors (Lipinski definition) is 1. The number of carbonyl (C=O) groups excluding carboxylic acids is 1. The minimum Gasteiger partial charge on any atom is -0.373 e. The second kappa shape index (κ2) is 5.20. The molecule has 0 saturated carbocycles. The topological polar surface area (TPSA) is 89.7 Å². The van der Waals surface area contributed by atoms with E-state index in [-0.39, 0.29) is 22.0 Å². The molecule has 0 bridgehead atoms. The van der Waals surface area contributed by atoms with Crippen LogP contribution in [-0.2, 0) is 14.8 Å². The zero-order valence-electron chi connectivity index (χ0n) is 10.7. The Kier molecular flexibility index (Phi) is 3.95. The summed E-state index contributed by atoms with van der Waals surface area (Å²) in [6, 6.07) is 1.33. The highest BCUT2D eigenvalue weighted by Gasteiger charge is 2.32. The molecule has 1 amide bonds. The molecule has 2 atom stereocenters. The standard InChI is InChI=1S/C11H16N2O4S2/c1-7-4-13(5-8(2)17-7)19(15,16)9-3-10(11(12)14)18-6-9/h3,6-8H,4-5H2,1-2H3,(H2,12,14)/t7-,8-/m1/s1. The van der Waals surface area contributed by atoms with Crippen LogP contribution in [0, 0.1) is 0 Å². The van der Waals surface area contributed by atoms with E-state index >= 15 is 0 Å². The molecular formula is C11H16N2O4S2. The van der Waals surface area contributed by atoms with Gasteiger partial charge in [-0.3, -0.25) is 4.79 Å². The van der Waals surface area contributed by atoms with Gasteiger partial charge in [0.15, 0.2) is 0 Å². The lowest BCUT2D eigenvalue weighted by Gasteiger charge is -2.34. The lowest BCUT2D eigenvalue weighted by molar-refractivity contribution is -0.0440. The van der Waals surface area contributed by atoms with Crippen molar-refractivity contribution in [2.24, 2.45) is 5.73 Å². The fourth-order valence-corrected chi connectivity index (χ4v) is 4.76. The Hall–Kier alpha value is -0.960. The average Bonchev–Trinajstić information content (AvgIpc) is 2.77. The van der Waals surface area contributed by atoms with Gasteiger partial charge in [-0.15, -0.1) is 11.3 Å². The predicted octanol–water partition coefficient (Wildman–Crippen LogP) is 0.645. The van der Waals surface area contributed by atoms with Crippen LogP contribution >= 0.6 is 11.3 Å². The zero-order chi connectivity index (χ0) is 14.2. The summed E-state index contributed by atoms with van der Waals surface area (Å²) >= 11 is 1.04. The molecule has 2 N–H and O–H groups in total. The van der Waals surface area contributed by atoms with Crippen molar-refractivity contribution in [3.8, 4) is 0 Å². The number of primary amides is 1. The average molecular weight is 304 g/mol. The third-order valence-corrected chi connectivity index (χ3v) is 5.75. The monoisotopic (exact) mass is 304 g/mol. The molecule has 19 heavy (non-hydrogen) atoms. The van der Waals surface area contributed by atoms with Crippen molar-refractivity contribution in [1.29, 1.82) is 0 Å². The number of nitrogens with zero attached hydrogens (tertiary/aromatic N) is 1. The van der Waals surface area contributed by atoms with Crippen molar-refractivity contribution < 1.29 is 17.9 Å². The van der Waals surface area contributed by atoms with E-state index in [1.54, 1.807) is 0 Å². The minimum atomic E-state index is -3.58. The van der Waals surface area contributed by atoms with Gasteiger partial charge in [-0.05, 0) is 19.9 Å². The Morgan fingerprint density at radius 2 is 2.00 bits per heavy atom. The van der Waals surface area contributed by atoms with Crippen molar-refractivity contribution in [2.45, 2.75) is 31.0 Å². The highest BCUT2D eigenvalue weighted by atomic mass is 32.2. The molecule has 1 aliphatic rings. The van der Waals surface area contributed by atoms with E-state index in [1.807, 2.05) is 13.8 Å². The molecule has 0 radical (unpaired) electrons. The van der Waals surface area contributed by atoms with Gasteiger partial charge in [-0.2, -0.15) is 4.31 Å². The molecule has 1 aliphatic heterocycles. The lowest BCUT2D eigenvalue weighted by Crippen LogP contribution is -2.47. The van der Waals surface area contributed by atoms with Gasteiger partial charge >= 0.3 is 0 Å². The molecule has 2 rings (SSSR count). The third kappa shape index (κ3) is 2.97. The van der Waals surface area contributed by atoms with Crippen LogP contribution in [0.1, 0.15) is 23.5 Å². The van der Waals surface area contributed by atoms with Gasteiger partial charge in [-0.1, -0.05) is 0 Å². The first kappa shape index (κ1) is 14.4. The van der Waals surface area contributed by atoms with Crippen LogP contribution in [0.2, 0.25) is 0 Å². The quantitative estimate of drug-likeness (QED) is 0.887. The summed E-state index contributed by atoms with van der Waals surface area (Å²) in [7, 11) is -3.58. The van der Waals surface area contributed by atoms with Gasteiger partial charge in [0.25, 0.3) is 5.91 Å². The second-order valence-electron chi connectivity index (χ2n) is 4.59. The third-order valence-electron chi connectivity index (χ3n) is 2.84. The van der Waals surface area contributed by atoms with E-state index in [9.17, 15) is 13.2 Å². The Balaban J connectivity index is 2.28. The number of carbonyl (C=O) groups is 1. The van der Waals surface area contributed by atoms with Crippen LogP contribution in [0.4, 0.5) is 0 Å². The maximum Gasteiger partial charge on any atom is 0.258 e. The second-order valence-corrected chi connectivity index (χ2v) is 7.44. The van der Waals surface area contributed by atoms with Gasteiger partial charge in [0.2, 0.25) is 10.0 Å². The molecule has 106 valence electrons. The SMILES string of the molecule is C[C@@H]1CN(S(=O)(=O)c2csc(C(N)=O)c2)C[C@@H](C)O1. The first-order valence-electron chi connectivity index (χ1n) is 5.84. The summed E-state index contributed by atoms with van der Waals surface area (Å²) in [4.78, 5) is 11.4. The fraction of sp³-hybridized carbons (Fsp3) is 0.545. The Morgan fingerprint density at radius 3 is 2.47 bits per heavy atom. The van der Waals surface area contributed by atoms with E-state index < -0.39 is 15.9 Å². The maximum atomic E-state index is 12.4. The van der Waals surface area contributed by atoms with Gasteiger partial charge in [0.1, 0.15) is 0 Å². The summed E-state index contributed by atoms with van der Waals surface area (Å²) in [5.74, 6) is -0.616. The first-order valence-corrected chi connectivity index (χ1v) is 8.16. The Labute approximate surface area is 116 Å². The molecule has 1 fully saturated rings. The highest BCUT2D eigenvalue weighted by Crippen LogP contribution is 2.25. The van der Waals surface area contributed by atoms with Crippen LogP contribution in [0.15, 0.2) is 16.3 Å². The predicted molar refractivity (Wildman–Crippen MR) is 71.6 cm³/mol. The number of ether oxygens (including phenoxy) is 1. The van der Waals surface area contributed by atoms with Crippen LogP contribution in [0.3, 0.4) is 0 Å². The molecule has 2 heterocycles. The Bertz CT molecular complexity index is 571. The van der Waals surface area contributed by atoms with E-state index in [4.69, 9.17) is 10.5 Å². The fourth-order valence-electron chi connectivity index (χ4n) is 2.06. The first-order chi connectivity index (χ1) is 8.80. The van der Waals surface area contributed by atoms with Crippen LogP contribution in [0.5, 0.6) is 0 Å². The molecule has 8 heteroatoms. The number of hydrogen-bond acceptors (Lipinski definition) is 5. The summed E-state index contributed by atoms with van der Waals surface area (Å²) < 4.78 is 31.8. The van der Waals surface area contributed by atoms with Crippen molar-refractivity contribution in [2.75, 3.05) is 13.1 Å². The van der Waals surface area contributed by atoms with E-state index in [0.29, 0.717) is 13.1 Å². The molecule has 0 aromatic carbocycles. The van der Waals surface area contributed by atoms with Crippen molar-refractivity contribution in [1.82, 2.24) is 4.31 Å². The molecule has 0 aliphatic carbocycles. The number of morpholine rings is 1. The van der Waals surface area contributed by atoms with Crippen molar-refractivity contribution in [3.05, 3.63) is 16.3 Å². The Morgan fingerprint density at radius 1 is 1.42 bits per heavy atom. The number of sulfonamides is 1. The van der Waals surface area contributed by atoms with E-state index in [2.05, 4.69) is 0 Å². The summed E-state index contributed by atoms with van der Waals surface area (Å²) in [5, 5.41) is 1.44. The maximum absolute atomic E-state index is 12.4. The van der Waals surface area contributed by atoms with Crippen LogP contribution < -0.4 is 5.73 Å². The van der Waals surface area contributed by atoms with E-state index in [1.165, 1.54) is 15.8 Å². The van der Waals surface area contributed by atoms with Crippen molar-refractivity contribution in [3.63, 3.8) is 0 Å². The highest BCUT2D eigenvalue weighted by molar-refractivity contribution is 7.89. The molecule has 6 nitrogen and oxygen atoms in total. The molecule has 0 spiro atoms. The number of thiophene rings is 1. The summed E-state index contributed by atoms with van der Waals surface area (Å²) in [5.41, 5.74) is 5.14. The zero-order valence-corrected chi connectivity index (χ0v) is 12.3. The summed E-state index contributed by atoms with van der Waals surface area (Å²) in [6.45, 7) is 4.30. The molecule has 1 aromatic rings. The molecule has 0 unspecified atom stereocenters.